The number of nitrogens with zero attached hydrogens (tertiary/aromatic N) is 3. The summed E-state index contributed by atoms with van der Waals surface area (Å²) in [4.78, 5) is 46.7. The molecule has 3 aromatic heterocycles. The molecule has 2 aromatic carbocycles. The number of aryl methyl sites for hydroxylation is 2. The highest BCUT2D eigenvalue weighted by Gasteiger charge is 2.28. The van der Waals surface area contributed by atoms with Crippen molar-refractivity contribution >= 4 is 51.0 Å². The quantitative estimate of drug-likeness (QED) is 0.185. The molecule has 1 aliphatic carbocycles. The number of carbonyl (C=O) groups is 3. The molecule has 1 aliphatic rings. The van der Waals surface area contributed by atoms with Crippen LogP contribution in [0.3, 0.4) is 0 Å². The topological polar surface area (TPSA) is 134 Å². The van der Waals surface area contributed by atoms with E-state index in [4.69, 9.17) is 10.1 Å². The Balaban J connectivity index is 1.54. The summed E-state index contributed by atoms with van der Waals surface area (Å²) in [6, 6.07) is 15.2. The Morgan fingerprint density at radius 1 is 0.977 bits per heavy atom. The molecule has 1 saturated carbocycles. The molecule has 0 bridgehead atoms. The third-order valence-electron chi connectivity index (χ3n) is 8.20. The molecule has 0 radical (unpaired) electrons. The first-order chi connectivity index (χ1) is 20.7. The number of carboxylic acids is 2. The van der Waals surface area contributed by atoms with Gasteiger partial charge in [-0.05, 0) is 74.1 Å². The predicted octanol–water partition coefficient (Wildman–Crippen LogP) is 6.54. The number of thiazole rings is 1. The minimum absolute atomic E-state index is 0.128. The number of aromatic nitrogens is 3. The van der Waals surface area contributed by atoms with E-state index in [1.54, 1.807) is 23.5 Å². The molecule has 6 rings (SSSR count). The highest BCUT2D eigenvalue weighted by atomic mass is 32.1. The van der Waals surface area contributed by atoms with E-state index in [9.17, 15) is 19.5 Å². The number of hydrogen-bond donors (Lipinski definition) is 3. The zero-order chi connectivity index (χ0) is 30.2. The van der Waals surface area contributed by atoms with E-state index in [0.29, 0.717) is 5.52 Å². The summed E-state index contributed by atoms with van der Waals surface area (Å²) in [7, 11) is 0. The smallest absolute Gasteiger partial charge is 0.335 e. The number of aliphatic carboxylic acids is 1. The number of fused-ring (bicyclic) bond motifs is 2. The maximum absolute atomic E-state index is 13.0. The van der Waals surface area contributed by atoms with E-state index >= 15 is 0 Å². The summed E-state index contributed by atoms with van der Waals surface area (Å²) in [5, 5.41) is 24.2. The Hall–Kier alpha value is -4.57. The zero-order valence-corrected chi connectivity index (χ0v) is 24.8. The van der Waals surface area contributed by atoms with Gasteiger partial charge in [0, 0.05) is 10.8 Å². The fourth-order valence-electron chi connectivity index (χ4n) is 6.33. The lowest BCUT2D eigenvalue weighted by atomic mass is 9.81. The first-order valence-corrected chi connectivity index (χ1v) is 15.2. The normalized spacial score (nSPS) is 13.9. The van der Waals surface area contributed by atoms with E-state index in [-0.39, 0.29) is 18.0 Å². The summed E-state index contributed by atoms with van der Waals surface area (Å²) in [6.07, 6.45) is 5.39. The maximum atomic E-state index is 13.0. The van der Waals surface area contributed by atoms with Crippen LogP contribution in [0.15, 0.2) is 48.5 Å². The van der Waals surface area contributed by atoms with E-state index in [1.807, 2.05) is 48.7 Å². The molecule has 1 fully saturated rings. The zero-order valence-electron chi connectivity index (χ0n) is 24.0. The van der Waals surface area contributed by atoms with Crippen LogP contribution in [0.4, 0.5) is 0 Å². The number of aromatic carboxylic acids is 1. The Labute approximate surface area is 252 Å². The molecule has 0 aliphatic heterocycles. The number of benzene rings is 2. The van der Waals surface area contributed by atoms with Gasteiger partial charge in [0.2, 0.25) is 5.91 Å². The minimum Gasteiger partial charge on any atom is -0.480 e. The average molecular weight is 597 g/mol. The van der Waals surface area contributed by atoms with Crippen LogP contribution in [-0.2, 0) is 16.1 Å². The predicted molar refractivity (Wildman–Crippen MR) is 167 cm³/mol. The largest absolute Gasteiger partial charge is 0.480 e. The fourth-order valence-corrected chi connectivity index (χ4v) is 7.22. The first-order valence-electron chi connectivity index (χ1n) is 14.4. The molecule has 10 heteroatoms. The van der Waals surface area contributed by atoms with Gasteiger partial charge in [-0.3, -0.25) is 9.59 Å². The van der Waals surface area contributed by atoms with Crippen LogP contribution in [0.5, 0.6) is 0 Å². The van der Waals surface area contributed by atoms with Gasteiger partial charge in [0.15, 0.2) is 0 Å². The molecule has 43 heavy (non-hydrogen) atoms. The third kappa shape index (κ3) is 5.62. The van der Waals surface area contributed by atoms with Crippen molar-refractivity contribution < 1.29 is 24.6 Å². The molecule has 0 atom stereocenters. The van der Waals surface area contributed by atoms with E-state index in [1.165, 1.54) is 6.42 Å². The van der Waals surface area contributed by atoms with Gasteiger partial charge in [-0.25, -0.2) is 14.8 Å². The lowest BCUT2D eigenvalue weighted by Crippen LogP contribution is -2.32. The highest BCUT2D eigenvalue weighted by molar-refractivity contribution is 7.15. The second-order valence-corrected chi connectivity index (χ2v) is 12.3. The molecular weight excluding hydrogens is 564 g/mol. The third-order valence-corrected chi connectivity index (χ3v) is 9.30. The van der Waals surface area contributed by atoms with Gasteiger partial charge >= 0.3 is 11.9 Å². The number of carboxylic acid groups (broad SMARTS) is 2. The van der Waals surface area contributed by atoms with Crippen molar-refractivity contribution in [1.29, 1.82) is 0 Å². The number of rotatable bonds is 8. The van der Waals surface area contributed by atoms with Crippen molar-refractivity contribution in [2.24, 2.45) is 0 Å². The summed E-state index contributed by atoms with van der Waals surface area (Å²) < 4.78 is 1.86. The van der Waals surface area contributed by atoms with Crippen LogP contribution in [0, 0.1) is 13.8 Å². The Morgan fingerprint density at radius 3 is 2.47 bits per heavy atom. The van der Waals surface area contributed by atoms with Gasteiger partial charge in [-0.1, -0.05) is 37.5 Å². The lowest BCUT2D eigenvalue weighted by Gasteiger charge is -2.24. The first kappa shape index (κ1) is 28.5. The lowest BCUT2D eigenvalue weighted by molar-refractivity contribution is -0.138. The standard InChI is InChI=1S/C33H32N4O5S/c1-18-32(43-19(2)35-18)26-13-9-21-14-22(10-12-25(21)36-26)31-30(20-6-4-3-5-7-20)24-11-8-23(33(41)42)15-27(24)37(31)17-28(38)34-16-29(39)40/h8-15,20H,3-7,16-17H2,1-2H3,(H,34,38)(H,39,40)(H,41,42). The molecular formula is C33H32N4O5S. The van der Waals surface area contributed by atoms with E-state index < -0.39 is 24.4 Å². The minimum atomic E-state index is -1.13. The van der Waals surface area contributed by atoms with Crippen LogP contribution in [0.1, 0.15) is 64.6 Å². The van der Waals surface area contributed by atoms with Crippen LogP contribution < -0.4 is 5.32 Å². The van der Waals surface area contributed by atoms with Crippen molar-refractivity contribution in [3.63, 3.8) is 0 Å². The average Bonchev–Trinajstić information content (AvgIpc) is 3.51. The maximum Gasteiger partial charge on any atom is 0.335 e. The monoisotopic (exact) mass is 596 g/mol. The summed E-state index contributed by atoms with van der Waals surface area (Å²) in [5.41, 5.74) is 6.29. The van der Waals surface area contributed by atoms with Gasteiger partial charge in [0.1, 0.15) is 13.1 Å². The second-order valence-electron chi connectivity index (χ2n) is 11.1. The van der Waals surface area contributed by atoms with Crippen molar-refractivity contribution in [2.75, 3.05) is 6.54 Å². The Morgan fingerprint density at radius 2 is 1.77 bits per heavy atom. The van der Waals surface area contributed by atoms with Gasteiger partial charge < -0.3 is 20.1 Å². The van der Waals surface area contributed by atoms with Gasteiger partial charge in [0.25, 0.3) is 0 Å². The van der Waals surface area contributed by atoms with Gasteiger partial charge in [-0.2, -0.15) is 0 Å². The second kappa shape index (κ2) is 11.6. The molecule has 9 nitrogen and oxygen atoms in total. The molecule has 0 saturated heterocycles. The van der Waals surface area contributed by atoms with Crippen molar-refractivity contribution in [3.05, 3.63) is 70.4 Å². The molecule has 3 N–H and O–H groups in total. The van der Waals surface area contributed by atoms with Crippen LogP contribution >= 0.6 is 11.3 Å². The molecule has 1 amide bonds. The summed E-state index contributed by atoms with van der Waals surface area (Å²) >= 11 is 1.62. The summed E-state index contributed by atoms with van der Waals surface area (Å²) in [5.74, 6) is -2.39. The number of nitrogens with one attached hydrogen (secondary N) is 1. The SMILES string of the molecule is Cc1nc(C)c(-c2ccc3cc(-c4c(C5CCCCC5)c5ccc(C(=O)O)cc5n4CC(=O)NCC(=O)O)ccc3n2)s1. The Bertz CT molecular complexity index is 1900. The van der Waals surface area contributed by atoms with Crippen molar-refractivity contribution in [3.8, 4) is 21.8 Å². The van der Waals surface area contributed by atoms with Crippen LogP contribution in [0.25, 0.3) is 43.6 Å². The highest BCUT2D eigenvalue weighted by Crippen LogP contribution is 2.45. The number of hydrogen-bond acceptors (Lipinski definition) is 6. The molecule has 5 aromatic rings. The van der Waals surface area contributed by atoms with Crippen molar-refractivity contribution in [2.45, 2.75) is 58.4 Å². The van der Waals surface area contributed by atoms with E-state index in [2.05, 4.69) is 16.4 Å². The number of carbonyl (C=O) groups excluding carboxylic acids is 1. The van der Waals surface area contributed by atoms with E-state index in [0.717, 1.165) is 80.1 Å². The number of amides is 1. The fraction of sp³-hybridized carbons (Fsp3) is 0.303. The Kier molecular flexibility index (Phi) is 7.70. The van der Waals surface area contributed by atoms with Crippen LogP contribution in [-0.4, -0.2) is 49.1 Å². The molecule has 0 spiro atoms. The molecule has 220 valence electrons. The van der Waals surface area contributed by atoms with Crippen molar-refractivity contribution in [1.82, 2.24) is 19.9 Å². The van der Waals surface area contributed by atoms with Gasteiger partial charge in [-0.15, -0.1) is 11.3 Å². The van der Waals surface area contributed by atoms with Gasteiger partial charge in [0.05, 0.1) is 43.6 Å². The molecule has 3 heterocycles. The number of pyridine rings is 1. The summed E-state index contributed by atoms with van der Waals surface area (Å²) in [6.45, 7) is 3.33. The van der Waals surface area contributed by atoms with Crippen LogP contribution in [0.2, 0.25) is 0 Å². The molecule has 0 unspecified atom stereocenters.